The molecular weight excluding hydrogens is 168 g/mol. The molecule has 0 N–H and O–H groups in total. The number of hydrogen-bond donors (Lipinski definition) is 0. The number of alkyl halides is 1. The fourth-order valence-electron chi connectivity index (χ4n) is 2.28. The molecule has 0 nitrogen and oxygen atoms in total. The first-order valence-corrected chi connectivity index (χ1v) is 5.55. The summed E-state index contributed by atoms with van der Waals surface area (Å²) in [6.07, 6.45) is 6.58. The highest BCUT2D eigenvalue weighted by atomic mass is 35.5. The predicted octanol–water partition coefficient (Wildman–Crippen LogP) is 4.22. The Balaban J connectivity index is 2.32. The Labute approximate surface area is 81.7 Å². The summed E-state index contributed by atoms with van der Waals surface area (Å²) in [5.74, 6) is 0.890. The Bertz CT molecular complexity index is 134. The second-order valence-electron chi connectivity index (χ2n) is 5.39. The third kappa shape index (κ3) is 3.80. The molecule has 72 valence electrons. The third-order valence-corrected chi connectivity index (χ3v) is 3.02. The van der Waals surface area contributed by atoms with Crippen LogP contribution in [0.1, 0.15) is 52.9 Å². The van der Waals surface area contributed by atoms with Gasteiger partial charge in [-0.15, -0.1) is 11.6 Å². The summed E-state index contributed by atoms with van der Waals surface area (Å²) in [6.45, 7) is 6.97. The van der Waals surface area contributed by atoms with Gasteiger partial charge >= 0.3 is 0 Å². The first kappa shape index (κ1) is 10.4. The number of halogens is 1. The van der Waals surface area contributed by atoms with Gasteiger partial charge in [-0.25, -0.2) is 0 Å². The van der Waals surface area contributed by atoms with Gasteiger partial charge in [-0.05, 0) is 30.6 Å². The topological polar surface area (TPSA) is 0 Å². The van der Waals surface area contributed by atoms with E-state index >= 15 is 0 Å². The molecule has 0 saturated heterocycles. The molecular formula is C11H21Cl. The van der Waals surface area contributed by atoms with Crippen molar-refractivity contribution >= 4 is 11.6 Å². The maximum atomic E-state index is 6.14. The van der Waals surface area contributed by atoms with E-state index in [1.807, 2.05) is 0 Å². The van der Waals surface area contributed by atoms with Gasteiger partial charge in [0.2, 0.25) is 0 Å². The van der Waals surface area contributed by atoms with Crippen LogP contribution in [0.15, 0.2) is 0 Å². The van der Waals surface area contributed by atoms with E-state index in [1.165, 1.54) is 32.1 Å². The average Bonchev–Trinajstić information content (AvgIpc) is 1.82. The highest BCUT2D eigenvalue weighted by Crippen LogP contribution is 2.35. The molecule has 1 unspecified atom stereocenters. The lowest BCUT2D eigenvalue weighted by Gasteiger charge is -2.30. The van der Waals surface area contributed by atoms with Crippen molar-refractivity contribution in [1.29, 1.82) is 0 Å². The SMILES string of the molecule is CC(C)(C)CC1CCC[C@H](Cl)C1. The minimum atomic E-state index is 0.464. The maximum absolute atomic E-state index is 6.14. The summed E-state index contributed by atoms with van der Waals surface area (Å²) < 4.78 is 0. The van der Waals surface area contributed by atoms with E-state index in [4.69, 9.17) is 11.6 Å². The molecule has 1 heteroatoms. The Morgan fingerprint density at radius 1 is 1.25 bits per heavy atom. The van der Waals surface area contributed by atoms with Crippen LogP contribution in [0.3, 0.4) is 0 Å². The Hall–Kier alpha value is 0.290. The zero-order valence-electron chi connectivity index (χ0n) is 8.57. The Kier molecular flexibility index (Phi) is 3.46. The van der Waals surface area contributed by atoms with Crippen LogP contribution in [0.25, 0.3) is 0 Å². The first-order chi connectivity index (χ1) is 5.47. The van der Waals surface area contributed by atoms with E-state index in [9.17, 15) is 0 Å². The minimum absolute atomic E-state index is 0.464. The van der Waals surface area contributed by atoms with Crippen molar-refractivity contribution in [3.05, 3.63) is 0 Å². The molecule has 0 aromatic carbocycles. The minimum Gasteiger partial charge on any atom is -0.123 e. The molecule has 12 heavy (non-hydrogen) atoms. The van der Waals surface area contributed by atoms with E-state index in [-0.39, 0.29) is 0 Å². The summed E-state index contributed by atoms with van der Waals surface area (Å²) in [5, 5.41) is 0.464. The van der Waals surface area contributed by atoms with Gasteiger partial charge in [-0.2, -0.15) is 0 Å². The molecule has 1 saturated carbocycles. The maximum Gasteiger partial charge on any atom is 0.0338 e. The Morgan fingerprint density at radius 2 is 1.92 bits per heavy atom. The van der Waals surface area contributed by atoms with Gasteiger partial charge in [0.1, 0.15) is 0 Å². The van der Waals surface area contributed by atoms with Crippen LogP contribution in [0.4, 0.5) is 0 Å². The molecule has 1 aliphatic carbocycles. The summed E-state index contributed by atoms with van der Waals surface area (Å²) in [4.78, 5) is 0. The van der Waals surface area contributed by atoms with Crippen molar-refractivity contribution in [3.63, 3.8) is 0 Å². The van der Waals surface area contributed by atoms with Gasteiger partial charge in [-0.1, -0.05) is 33.6 Å². The first-order valence-electron chi connectivity index (χ1n) is 5.11. The normalized spacial score (nSPS) is 32.0. The van der Waals surface area contributed by atoms with Crippen LogP contribution in [-0.4, -0.2) is 5.38 Å². The zero-order chi connectivity index (χ0) is 9.19. The summed E-state index contributed by atoms with van der Waals surface area (Å²) in [7, 11) is 0. The predicted molar refractivity (Wildman–Crippen MR) is 55.7 cm³/mol. The Morgan fingerprint density at radius 3 is 2.42 bits per heavy atom. The smallest absolute Gasteiger partial charge is 0.0338 e. The van der Waals surface area contributed by atoms with Gasteiger partial charge in [-0.3, -0.25) is 0 Å². The van der Waals surface area contributed by atoms with Crippen LogP contribution >= 0.6 is 11.6 Å². The molecule has 1 fully saturated rings. The fourth-order valence-corrected chi connectivity index (χ4v) is 2.68. The van der Waals surface area contributed by atoms with Crippen LogP contribution in [0.5, 0.6) is 0 Å². The van der Waals surface area contributed by atoms with Gasteiger partial charge < -0.3 is 0 Å². The summed E-state index contributed by atoms with van der Waals surface area (Å²) in [6, 6.07) is 0. The second kappa shape index (κ2) is 4.00. The van der Waals surface area contributed by atoms with E-state index < -0.39 is 0 Å². The van der Waals surface area contributed by atoms with Crippen molar-refractivity contribution in [2.45, 2.75) is 58.3 Å². The van der Waals surface area contributed by atoms with Crippen LogP contribution in [0.2, 0.25) is 0 Å². The summed E-state index contributed by atoms with van der Waals surface area (Å²) in [5.41, 5.74) is 0.485. The quantitative estimate of drug-likeness (QED) is 0.541. The molecule has 0 aromatic rings. The van der Waals surface area contributed by atoms with Crippen LogP contribution in [-0.2, 0) is 0 Å². The largest absolute Gasteiger partial charge is 0.123 e. The van der Waals surface area contributed by atoms with Gasteiger partial charge in [0.25, 0.3) is 0 Å². The molecule has 0 amide bonds. The number of rotatable bonds is 1. The van der Waals surface area contributed by atoms with E-state index in [1.54, 1.807) is 0 Å². The molecule has 1 aliphatic rings. The van der Waals surface area contributed by atoms with Crippen LogP contribution in [0, 0.1) is 11.3 Å². The highest BCUT2D eigenvalue weighted by Gasteiger charge is 2.24. The molecule has 0 spiro atoms. The third-order valence-electron chi connectivity index (χ3n) is 2.62. The molecule has 0 bridgehead atoms. The van der Waals surface area contributed by atoms with Crippen molar-refractivity contribution < 1.29 is 0 Å². The summed E-state index contributed by atoms with van der Waals surface area (Å²) >= 11 is 6.14. The van der Waals surface area contributed by atoms with Gasteiger partial charge in [0.05, 0.1) is 0 Å². The lowest BCUT2D eigenvalue weighted by atomic mass is 9.77. The standard InChI is InChI=1S/C11H21Cl/c1-11(2,3)8-9-5-4-6-10(12)7-9/h9-10H,4-8H2,1-3H3/t9?,10-/m0/s1. The van der Waals surface area contributed by atoms with E-state index in [0.29, 0.717) is 10.8 Å². The number of hydrogen-bond acceptors (Lipinski definition) is 0. The molecule has 2 atom stereocenters. The van der Waals surface area contributed by atoms with Crippen molar-refractivity contribution in [2.24, 2.45) is 11.3 Å². The average molecular weight is 189 g/mol. The molecule has 0 heterocycles. The van der Waals surface area contributed by atoms with E-state index in [2.05, 4.69) is 20.8 Å². The zero-order valence-corrected chi connectivity index (χ0v) is 9.32. The fraction of sp³-hybridized carbons (Fsp3) is 1.00. The van der Waals surface area contributed by atoms with Crippen LogP contribution < -0.4 is 0 Å². The van der Waals surface area contributed by atoms with Gasteiger partial charge in [0.15, 0.2) is 0 Å². The second-order valence-corrected chi connectivity index (χ2v) is 6.01. The van der Waals surface area contributed by atoms with Crippen molar-refractivity contribution in [2.75, 3.05) is 0 Å². The highest BCUT2D eigenvalue weighted by molar-refractivity contribution is 6.20. The van der Waals surface area contributed by atoms with Crippen molar-refractivity contribution in [3.8, 4) is 0 Å². The van der Waals surface area contributed by atoms with E-state index in [0.717, 1.165) is 5.92 Å². The van der Waals surface area contributed by atoms with Crippen molar-refractivity contribution in [1.82, 2.24) is 0 Å². The molecule has 1 rings (SSSR count). The molecule has 0 radical (unpaired) electrons. The van der Waals surface area contributed by atoms with Gasteiger partial charge in [0, 0.05) is 5.38 Å². The molecule has 0 aromatic heterocycles. The monoisotopic (exact) mass is 188 g/mol. The lowest BCUT2D eigenvalue weighted by molar-refractivity contribution is 0.242. The lowest BCUT2D eigenvalue weighted by Crippen LogP contribution is -2.20. The molecule has 0 aliphatic heterocycles.